The van der Waals surface area contributed by atoms with Crippen LogP contribution in [0.25, 0.3) is 0 Å². The maximum absolute atomic E-state index is 13.4. The monoisotopic (exact) mass is 360 g/mol. The van der Waals surface area contributed by atoms with Gasteiger partial charge in [0.2, 0.25) is 0 Å². The Kier molecular flexibility index (Phi) is 4.33. The number of Topliss-reactive ketones (excluding diaryl/α,β-unsaturated/α-hetero) is 1. The second-order valence-electron chi connectivity index (χ2n) is 8.79. The summed E-state index contributed by atoms with van der Waals surface area (Å²) in [7, 11) is 0. The third kappa shape index (κ3) is 3.16. The molecule has 0 bridgehead atoms. The first-order valence-corrected chi connectivity index (χ1v) is 9.83. The number of hydrogen-bond acceptors (Lipinski definition) is 3. The van der Waals surface area contributed by atoms with Crippen LogP contribution in [0, 0.1) is 5.41 Å². The van der Waals surface area contributed by atoms with E-state index in [1.165, 1.54) is 5.56 Å². The van der Waals surface area contributed by atoms with Gasteiger partial charge in [-0.3, -0.25) is 4.79 Å². The molecule has 0 spiro atoms. The molecule has 0 amide bonds. The molecule has 4 rings (SSSR count). The smallest absolute Gasteiger partial charge is 0.163 e. The molecule has 1 N–H and O–H groups in total. The van der Waals surface area contributed by atoms with Crippen molar-refractivity contribution < 1.29 is 4.79 Å². The number of rotatable bonds is 2. The summed E-state index contributed by atoms with van der Waals surface area (Å²) in [4.78, 5) is 15.8. The van der Waals surface area contributed by atoms with Gasteiger partial charge in [-0.15, -0.1) is 0 Å². The number of fused-ring (bicyclic) bond motifs is 1. The minimum atomic E-state index is -0.0686. The Morgan fingerprint density at radius 2 is 1.67 bits per heavy atom. The second kappa shape index (κ2) is 6.56. The summed E-state index contributed by atoms with van der Waals surface area (Å²) in [6, 6.07) is 19.1. The number of allylic oxidation sites excluding steroid dienone is 1. The molecular formula is C24H28N2O. The number of nitrogens with zero attached hydrogens (tertiary/aromatic N) is 1. The average Bonchev–Trinajstić information content (AvgIpc) is 2.75. The van der Waals surface area contributed by atoms with E-state index in [1.54, 1.807) is 0 Å². The van der Waals surface area contributed by atoms with E-state index in [9.17, 15) is 4.79 Å². The van der Waals surface area contributed by atoms with Gasteiger partial charge in [0.15, 0.2) is 5.78 Å². The molecule has 27 heavy (non-hydrogen) atoms. The molecule has 140 valence electrons. The van der Waals surface area contributed by atoms with Crippen LogP contribution in [0.4, 0.5) is 11.4 Å². The predicted octanol–water partition coefficient (Wildman–Crippen LogP) is 5.71. The SMILES string of the molecule is CC(C)N1c2ccccc2NC2=C(C(=O)CC(C)(C)C2)C1c1ccccc1. The minimum Gasteiger partial charge on any atom is -0.357 e. The molecule has 0 saturated heterocycles. The third-order valence-electron chi connectivity index (χ3n) is 5.61. The lowest BCUT2D eigenvalue weighted by atomic mass is 9.73. The van der Waals surface area contributed by atoms with Crippen molar-refractivity contribution in [1.29, 1.82) is 0 Å². The van der Waals surface area contributed by atoms with Crippen LogP contribution >= 0.6 is 0 Å². The minimum absolute atomic E-state index is 0.0217. The lowest BCUT2D eigenvalue weighted by Gasteiger charge is -2.40. The summed E-state index contributed by atoms with van der Waals surface area (Å²) in [6.07, 6.45) is 1.48. The second-order valence-corrected chi connectivity index (χ2v) is 8.79. The fraction of sp³-hybridized carbons (Fsp3) is 0.375. The van der Waals surface area contributed by atoms with Crippen LogP contribution in [-0.2, 0) is 4.79 Å². The third-order valence-corrected chi connectivity index (χ3v) is 5.61. The number of carbonyl (C=O) groups excluding carboxylic acids is 1. The summed E-state index contributed by atoms with van der Waals surface area (Å²) in [5, 5.41) is 3.65. The summed E-state index contributed by atoms with van der Waals surface area (Å²) in [5.74, 6) is 0.265. The summed E-state index contributed by atoms with van der Waals surface area (Å²) in [6.45, 7) is 8.78. The fourth-order valence-electron chi connectivity index (χ4n) is 4.55. The maximum atomic E-state index is 13.4. The van der Waals surface area contributed by atoms with Gasteiger partial charge in [-0.2, -0.15) is 0 Å². The van der Waals surface area contributed by atoms with E-state index in [4.69, 9.17) is 0 Å². The van der Waals surface area contributed by atoms with Crippen molar-refractivity contribution in [2.45, 2.75) is 52.6 Å². The highest BCUT2D eigenvalue weighted by Gasteiger charge is 2.41. The number of carbonyl (C=O) groups is 1. The zero-order chi connectivity index (χ0) is 19.2. The molecule has 3 heteroatoms. The van der Waals surface area contributed by atoms with E-state index >= 15 is 0 Å². The zero-order valence-electron chi connectivity index (χ0n) is 16.6. The highest BCUT2D eigenvalue weighted by atomic mass is 16.1. The highest BCUT2D eigenvalue weighted by Crippen LogP contribution is 2.48. The summed E-state index contributed by atoms with van der Waals surface area (Å²) < 4.78 is 0. The maximum Gasteiger partial charge on any atom is 0.163 e. The first-order chi connectivity index (χ1) is 12.9. The van der Waals surface area contributed by atoms with Crippen LogP contribution in [0.1, 0.15) is 52.1 Å². The van der Waals surface area contributed by atoms with Crippen molar-refractivity contribution in [3.63, 3.8) is 0 Å². The molecule has 1 atom stereocenters. The van der Waals surface area contributed by atoms with Crippen molar-refractivity contribution in [1.82, 2.24) is 0 Å². The van der Waals surface area contributed by atoms with Crippen molar-refractivity contribution in [3.8, 4) is 0 Å². The molecule has 2 aromatic rings. The van der Waals surface area contributed by atoms with E-state index in [0.29, 0.717) is 6.42 Å². The molecule has 1 aliphatic carbocycles. The quantitative estimate of drug-likeness (QED) is 0.744. The topological polar surface area (TPSA) is 32.3 Å². The molecule has 2 aromatic carbocycles. The van der Waals surface area contributed by atoms with Crippen molar-refractivity contribution in [2.75, 3.05) is 10.2 Å². The molecule has 1 heterocycles. The largest absolute Gasteiger partial charge is 0.357 e. The Morgan fingerprint density at radius 1 is 1.00 bits per heavy atom. The first-order valence-electron chi connectivity index (χ1n) is 9.83. The molecule has 1 aliphatic heterocycles. The molecule has 1 unspecified atom stereocenters. The van der Waals surface area contributed by atoms with E-state index in [1.807, 2.05) is 6.07 Å². The van der Waals surface area contributed by atoms with Gasteiger partial charge in [-0.05, 0) is 43.4 Å². The van der Waals surface area contributed by atoms with Crippen molar-refractivity contribution in [2.24, 2.45) is 5.41 Å². The van der Waals surface area contributed by atoms with Gasteiger partial charge in [0.1, 0.15) is 0 Å². The molecule has 2 aliphatic rings. The van der Waals surface area contributed by atoms with Gasteiger partial charge in [0.05, 0.1) is 17.4 Å². The molecule has 0 saturated carbocycles. The van der Waals surface area contributed by atoms with E-state index in [-0.39, 0.29) is 23.3 Å². The summed E-state index contributed by atoms with van der Waals surface area (Å²) >= 11 is 0. The Hall–Kier alpha value is -2.55. The van der Waals surface area contributed by atoms with Gasteiger partial charge in [0.25, 0.3) is 0 Å². The van der Waals surface area contributed by atoms with Gasteiger partial charge in [-0.1, -0.05) is 56.3 Å². The van der Waals surface area contributed by atoms with Gasteiger partial charge in [0, 0.05) is 23.7 Å². The normalized spacial score (nSPS) is 21.4. The molecule has 0 aromatic heterocycles. The molecule has 0 fully saturated rings. The van der Waals surface area contributed by atoms with Gasteiger partial charge in [-0.25, -0.2) is 0 Å². The van der Waals surface area contributed by atoms with Crippen LogP contribution in [0.5, 0.6) is 0 Å². The number of benzene rings is 2. The average molecular weight is 361 g/mol. The molecule has 0 radical (unpaired) electrons. The lowest BCUT2D eigenvalue weighted by molar-refractivity contribution is -0.118. The number of anilines is 2. The highest BCUT2D eigenvalue weighted by molar-refractivity contribution is 6.01. The predicted molar refractivity (Wildman–Crippen MR) is 112 cm³/mol. The number of ketones is 1. The van der Waals surface area contributed by atoms with Crippen LogP contribution in [0.2, 0.25) is 0 Å². The Balaban J connectivity index is 1.99. The van der Waals surface area contributed by atoms with Gasteiger partial charge >= 0.3 is 0 Å². The number of hydrogen-bond donors (Lipinski definition) is 1. The number of nitrogens with one attached hydrogen (secondary N) is 1. The van der Waals surface area contributed by atoms with Crippen LogP contribution in [0.15, 0.2) is 65.9 Å². The molecular weight excluding hydrogens is 332 g/mol. The van der Waals surface area contributed by atoms with Crippen molar-refractivity contribution >= 4 is 17.2 Å². The Labute approximate surface area is 162 Å². The Morgan fingerprint density at radius 3 is 2.37 bits per heavy atom. The van der Waals surface area contributed by atoms with Crippen LogP contribution < -0.4 is 10.2 Å². The standard InChI is InChI=1S/C24H28N2O/c1-16(2)26-20-13-9-8-12-18(20)25-19-14-24(3,4)15-21(27)22(19)23(26)17-10-6-5-7-11-17/h5-13,16,23,25H,14-15H2,1-4H3. The van der Waals surface area contributed by atoms with E-state index in [2.05, 4.69) is 86.4 Å². The zero-order valence-corrected chi connectivity index (χ0v) is 16.6. The molecule has 3 nitrogen and oxygen atoms in total. The van der Waals surface area contributed by atoms with Crippen LogP contribution in [0.3, 0.4) is 0 Å². The van der Waals surface area contributed by atoms with E-state index in [0.717, 1.165) is 29.1 Å². The van der Waals surface area contributed by atoms with Gasteiger partial charge < -0.3 is 10.2 Å². The number of para-hydroxylation sites is 2. The van der Waals surface area contributed by atoms with Crippen LogP contribution in [-0.4, -0.2) is 11.8 Å². The van der Waals surface area contributed by atoms with Crippen molar-refractivity contribution in [3.05, 3.63) is 71.4 Å². The van der Waals surface area contributed by atoms with E-state index < -0.39 is 0 Å². The Bertz CT molecular complexity index is 896. The fourth-order valence-corrected chi connectivity index (χ4v) is 4.55. The summed E-state index contributed by atoms with van der Waals surface area (Å²) in [5.41, 5.74) is 5.41. The lowest BCUT2D eigenvalue weighted by Crippen LogP contribution is -2.39. The first kappa shape index (κ1) is 17.8.